The molecule has 1 amide bonds. The van der Waals surface area contributed by atoms with Crippen LogP contribution in [0.1, 0.15) is 55.6 Å². The predicted octanol–water partition coefficient (Wildman–Crippen LogP) is 2.58. The van der Waals surface area contributed by atoms with E-state index in [4.69, 9.17) is 0 Å². The van der Waals surface area contributed by atoms with Crippen LogP contribution in [0.4, 0.5) is 0 Å². The molecule has 2 unspecified atom stereocenters. The molecule has 0 radical (unpaired) electrons. The third-order valence-corrected chi connectivity index (χ3v) is 5.28. The Kier molecular flexibility index (Phi) is 4.63. The number of rotatable bonds is 4. The lowest BCUT2D eigenvalue weighted by Gasteiger charge is -2.26. The zero-order chi connectivity index (χ0) is 14.7. The third-order valence-electron chi connectivity index (χ3n) is 5.28. The molecule has 2 heterocycles. The van der Waals surface area contributed by atoms with Crippen LogP contribution >= 0.6 is 0 Å². The minimum atomic E-state index is 0.0950. The van der Waals surface area contributed by atoms with Gasteiger partial charge in [-0.25, -0.2) is 0 Å². The summed E-state index contributed by atoms with van der Waals surface area (Å²) in [5.74, 6) is 1.51. The Morgan fingerprint density at radius 3 is 2.86 bits per heavy atom. The van der Waals surface area contributed by atoms with E-state index >= 15 is 0 Å². The second-order valence-electron chi connectivity index (χ2n) is 6.66. The normalized spacial score (nSPS) is 26.9. The maximum Gasteiger partial charge on any atom is 0.267 e. The number of amides is 1. The van der Waals surface area contributed by atoms with Crippen LogP contribution in [0.5, 0.6) is 0 Å². The zero-order valence-corrected chi connectivity index (χ0v) is 13.0. The first-order valence-corrected chi connectivity index (χ1v) is 8.41. The summed E-state index contributed by atoms with van der Waals surface area (Å²) in [4.78, 5) is 12.5. The van der Waals surface area contributed by atoms with Gasteiger partial charge in [0.1, 0.15) is 5.69 Å². The first-order chi connectivity index (χ1) is 10.3. The molecule has 1 aromatic rings. The predicted molar refractivity (Wildman–Crippen MR) is 84.4 cm³/mol. The molecule has 1 aliphatic heterocycles. The molecule has 116 valence electrons. The van der Waals surface area contributed by atoms with Gasteiger partial charge in [0.05, 0.1) is 0 Å². The lowest BCUT2D eigenvalue weighted by Crippen LogP contribution is -2.34. The molecular formula is C17H27N3O. The summed E-state index contributed by atoms with van der Waals surface area (Å²) in [6.07, 6.45) is 8.15. The number of nitrogens with zero attached hydrogens (tertiary/aromatic N) is 1. The van der Waals surface area contributed by atoms with Crippen molar-refractivity contribution in [3.05, 3.63) is 24.0 Å². The van der Waals surface area contributed by atoms with Crippen LogP contribution < -0.4 is 10.6 Å². The van der Waals surface area contributed by atoms with Crippen LogP contribution in [0.25, 0.3) is 0 Å². The van der Waals surface area contributed by atoms with Crippen molar-refractivity contribution in [1.29, 1.82) is 0 Å². The van der Waals surface area contributed by atoms with Gasteiger partial charge in [0.25, 0.3) is 5.91 Å². The molecule has 4 heteroatoms. The second-order valence-corrected chi connectivity index (χ2v) is 6.66. The Bertz CT molecular complexity index is 476. The molecule has 0 spiro atoms. The van der Waals surface area contributed by atoms with E-state index in [0.717, 1.165) is 44.1 Å². The van der Waals surface area contributed by atoms with E-state index in [0.29, 0.717) is 12.0 Å². The summed E-state index contributed by atoms with van der Waals surface area (Å²) in [5.41, 5.74) is 0.826. The molecule has 0 aromatic carbocycles. The lowest BCUT2D eigenvalue weighted by molar-refractivity contribution is 0.0931. The van der Waals surface area contributed by atoms with E-state index in [2.05, 4.69) is 28.3 Å². The molecule has 1 aliphatic carbocycles. The van der Waals surface area contributed by atoms with Gasteiger partial charge < -0.3 is 15.2 Å². The molecule has 2 aliphatic rings. The number of carbonyl (C=O) groups excluding carboxylic acids is 1. The molecule has 1 aromatic heterocycles. The highest BCUT2D eigenvalue weighted by molar-refractivity contribution is 5.92. The maximum absolute atomic E-state index is 12.5. The van der Waals surface area contributed by atoms with E-state index < -0.39 is 0 Å². The van der Waals surface area contributed by atoms with Crippen LogP contribution in [0.15, 0.2) is 18.3 Å². The molecule has 1 saturated heterocycles. The van der Waals surface area contributed by atoms with Crippen LogP contribution in [-0.2, 0) is 0 Å². The fraction of sp³-hybridized carbons (Fsp3) is 0.706. The van der Waals surface area contributed by atoms with Crippen molar-refractivity contribution in [3.63, 3.8) is 0 Å². The SMILES string of the molecule is CC1CCCC1CNC(=O)c1cccn1C1CCNCC1. The summed E-state index contributed by atoms with van der Waals surface area (Å²) >= 11 is 0. The molecule has 2 fully saturated rings. The first kappa shape index (κ1) is 14.6. The molecule has 21 heavy (non-hydrogen) atoms. The van der Waals surface area contributed by atoms with E-state index in [1.54, 1.807) is 0 Å². The minimum Gasteiger partial charge on any atom is -0.350 e. The quantitative estimate of drug-likeness (QED) is 0.895. The monoisotopic (exact) mass is 289 g/mol. The Morgan fingerprint density at radius 1 is 1.33 bits per heavy atom. The number of hydrogen-bond acceptors (Lipinski definition) is 2. The van der Waals surface area contributed by atoms with Gasteiger partial charge in [0, 0.05) is 18.8 Å². The van der Waals surface area contributed by atoms with Crippen molar-refractivity contribution in [2.24, 2.45) is 11.8 Å². The molecule has 4 nitrogen and oxygen atoms in total. The van der Waals surface area contributed by atoms with Gasteiger partial charge in [-0.2, -0.15) is 0 Å². The summed E-state index contributed by atoms with van der Waals surface area (Å²) in [6.45, 7) is 5.23. The maximum atomic E-state index is 12.5. The topological polar surface area (TPSA) is 46.1 Å². The Hall–Kier alpha value is -1.29. The highest BCUT2D eigenvalue weighted by Crippen LogP contribution is 2.30. The van der Waals surface area contributed by atoms with Crippen LogP contribution in [0, 0.1) is 11.8 Å². The summed E-state index contributed by atoms with van der Waals surface area (Å²) in [6, 6.07) is 4.41. The Labute approximate surface area is 127 Å². The standard InChI is InChI=1S/C17H27N3O/c1-13-4-2-5-14(13)12-19-17(21)16-6-3-11-20(16)15-7-9-18-10-8-15/h3,6,11,13-15,18H,2,4-5,7-10,12H2,1H3,(H,19,21). The van der Waals surface area contributed by atoms with Crippen molar-refractivity contribution in [3.8, 4) is 0 Å². The van der Waals surface area contributed by atoms with Crippen molar-refractivity contribution in [1.82, 2.24) is 15.2 Å². The van der Waals surface area contributed by atoms with Crippen molar-refractivity contribution >= 4 is 5.91 Å². The average Bonchev–Trinajstić information content (AvgIpc) is 3.15. The largest absolute Gasteiger partial charge is 0.350 e. The highest BCUT2D eigenvalue weighted by atomic mass is 16.1. The van der Waals surface area contributed by atoms with E-state index in [1.165, 1.54) is 19.3 Å². The molecule has 1 saturated carbocycles. The van der Waals surface area contributed by atoms with Gasteiger partial charge >= 0.3 is 0 Å². The smallest absolute Gasteiger partial charge is 0.267 e. The van der Waals surface area contributed by atoms with Gasteiger partial charge in [-0.1, -0.05) is 19.8 Å². The van der Waals surface area contributed by atoms with Gasteiger partial charge in [-0.05, 0) is 56.3 Å². The van der Waals surface area contributed by atoms with Crippen LogP contribution in [-0.4, -0.2) is 30.1 Å². The van der Waals surface area contributed by atoms with Gasteiger partial charge in [0.15, 0.2) is 0 Å². The van der Waals surface area contributed by atoms with E-state index in [1.807, 2.05) is 12.1 Å². The Balaban J connectivity index is 1.60. The number of hydrogen-bond donors (Lipinski definition) is 2. The number of carbonyl (C=O) groups is 1. The summed E-state index contributed by atoms with van der Waals surface area (Å²) < 4.78 is 2.17. The molecule has 2 atom stereocenters. The second kappa shape index (κ2) is 6.65. The van der Waals surface area contributed by atoms with Crippen LogP contribution in [0.2, 0.25) is 0 Å². The fourth-order valence-electron chi connectivity index (χ4n) is 3.83. The van der Waals surface area contributed by atoms with Gasteiger partial charge in [0.2, 0.25) is 0 Å². The lowest BCUT2D eigenvalue weighted by atomic mass is 9.98. The van der Waals surface area contributed by atoms with E-state index in [9.17, 15) is 4.79 Å². The fourth-order valence-corrected chi connectivity index (χ4v) is 3.83. The minimum absolute atomic E-state index is 0.0950. The van der Waals surface area contributed by atoms with E-state index in [-0.39, 0.29) is 5.91 Å². The molecule has 3 rings (SSSR count). The number of nitrogens with one attached hydrogen (secondary N) is 2. The van der Waals surface area contributed by atoms with Crippen molar-refractivity contribution < 1.29 is 4.79 Å². The van der Waals surface area contributed by atoms with Crippen molar-refractivity contribution in [2.45, 2.75) is 45.1 Å². The van der Waals surface area contributed by atoms with Gasteiger partial charge in [-0.3, -0.25) is 4.79 Å². The molecule has 2 N–H and O–H groups in total. The summed E-state index contributed by atoms with van der Waals surface area (Å²) in [5, 5.41) is 6.54. The van der Waals surface area contributed by atoms with Gasteiger partial charge in [-0.15, -0.1) is 0 Å². The zero-order valence-electron chi connectivity index (χ0n) is 13.0. The summed E-state index contributed by atoms with van der Waals surface area (Å²) in [7, 11) is 0. The Morgan fingerprint density at radius 2 is 2.14 bits per heavy atom. The molecule has 0 bridgehead atoms. The number of aromatic nitrogens is 1. The van der Waals surface area contributed by atoms with Crippen molar-refractivity contribution in [2.75, 3.05) is 19.6 Å². The highest BCUT2D eigenvalue weighted by Gasteiger charge is 2.25. The third kappa shape index (κ3) is 3.31. The molecular weight excluding hydrogens is 262 g/mol. The number of piperidine rings is 1. The van der Waals surface area contributed by atoms with Crippen LogP contribution in [0.3, 0.4) is 0 Å². The first-order valence-electron chi connectivity index (χ1n) is 8.41. The average molecular weight is 289 g/mol.